The Bertz CT molecular complexity index is 1150. The number of rotatable bonds is 4. The van der Waals surface area contributed by atoms with Gasteiger partial charge in [0.05, 0.1) is 11.8 Å². The standard InChI is InChI=1S/C27H26N2O3/c1-15-6-5-8-17(12-15)28(25(30)18-9-4-3-7-16(18)2)14-29-26(31)23-19-10-11-20(22-13-21(19)22)24(23)27(29)32/h3-12,19-24H,13-14H2,1-2H3. The molecule has 1 saturated heterocycles. The summed E-state index contributed by atoms with van der Waals surface area (Å²) in [6.07, 6.45) is 5.48. The van der Waals surface area contributed by atoms with Crippen LogP contribution in [0.2, 0.25) is 0 Å². The van der Waals surface area contributed by atoms with Crippen molar-refractivity contribution in [3.8, 4) is 0 Å². The van der Waals surface area contributed by atoms with Crippen LogP contribution in [-0.4, -0.2) is 29.3 Å². The zero-order valence-corrected chi connectivity index (χ0v) is 18.3. The van der Waals surface area contributed by atoms with Gasteiger partial charge in [-0.2, -0.15) is 0 Å². The molecular weight excluding hydrogens is 400 g/mol. The van der Waals surface area contributed by atoms with Crippen LogP contribution in [0, 0.1) is 49.4 Å². The van der Waals surface area contributed by atoms with Crippen LogP contribution in [0.1, 0.15) is 27.9 Å². The number of nitrogens with zero attached hydrogens (tertiary/aromatic N) is 2. The number of carbonyl (C=O) groups is 3. The van der Waals surface area contributed by atoms with Crippen LogP contribution in [0.3, 0.4) is 0 Å². The summed E-state index contributed by atoms with van der Waals surface area (Å²) in [5.41, 5.74) is 3.15. The molecule has 32 heavy (non-hydrogen) atoms. The zero-order chi connectivity index (χ0) is 22.1. The summed E-state index contributed by atoms with van der Waals surface area (Å²) in [5, 5.41) is 0. The lowest BCUT2D eigenvalue weighted by molar-refractivity contribution is -0.140. The maximum absolute atomic E-state index is 13.7. The Hall–Kier alpha value is -3.21. The molecule has 6 atom stereocenters. The minimum Gasteiger partial charge on any atom is -0.290 e. The lowest BCUT2D eigenvalue weighted by atomic mass is 9.63. The van der Waals surface area contributed by atoms with Crippen molar-refractivity contribution >= 4 is 23.4 Å². The molecule has 5 aliphatic rings. The third-order valence-electron chi connectivity index (χ3n) is 7.97. The van der Waals surface area contributed by atoms with Crippen molar-refractivity contribution in [3.63, 3.8) is 0 Å². The van der Waals surface area contributed by atoms with Gasteiger partial charge in [-0.3, -0.25) is 24.2 Å². The number of carbonyl (C=O) groups excluding carboxylic acids is 3. The first kappa shape index (κ1) is 19.5. The zero-order valence-electron chi connectivity index (χ0n) is 18.3. The van der Waals surface area contributed by atoms with Gasteiger partial charge in [0.1, 0.15) is 6.67 Å². The summed E-state index contributed by atoms with van der Waals surface area (Å²) < 4.78 is 0. The van der Waals surface area contributed by atoms with Gasteiger partial charge in [0.2, 0.25) is 11.8 Å². The van der Waals surface area contributed by atoms with Crippen molar-refractivity contribution in [2.75, 3.05) is 11.6 Å². The maximum atomic E-state index is 13.7. The van der Waals surface area contributed by atoms with E-state index in [1.54, 1.807) is 11.0 Å². The van der Waals surface area contributed by atoms with Crippen molar-refractivity contribution in [1.82, 2.24) is 4.90 Å². The lowest BCUT2D eigenvalue weighted by Crippen LogP contribution is -2.45. The first-order valence-corrected chi connectivity index (χ1v) is 11.4. The molecule has 3 amide bonds. The van der Waals surface area contributed by atoms with Crippen molar-refractivity contribution in [1.29, 1.82) is 0 Å². The number of anilines is 1. The molecule has 2 saturated carbocycles. The maximum Gasteiger partial charge on any atom is 0.260 e. The Balaban J connectivity index is 1.36. The fourth-order valence-corrected chi connectivity index (χ4v) is 6.32. The summed E-state index contributed by atoms with van der Waals surface area (Å²) in [6.45, 7) is 3.82. The molecule has 1 aliphatic heterocycles. The van der Waals surface area contributed by atoms with Crippen LogP contribution < -0.4 is 4.90 Å². The summed E-state index contributed by atoms with van der Waals surface area (Å²) in [5.74, 6) is 0.539. The molecule has 2 bridgehead atoms. The topological polar surface area (TPSA) is 57.7 Å². The average Bonchev–Trinajstić information content (AvgIpc) is 3.57. The van der Waals surface area contributed by atoms with Gasteiger partial charge in [-0.05, 0) is 73.3 Å². The molecule has 1 heterocycles. The predicted molar refractivity (Wildman–Crippen MR) is 121 cm³/mol. The van der Waals surface area contributed by atoms with E-state index in [1.165, 1.54) is 4.90 Å². The van der Waals surface area contributed by atoms with Crippen molar-refractivity contribution in [3.05, 3.63) is 77.4 Å². The van der Waals surface area contributed by atoms with Gasteiger partial charge < -0.3 is 0 Å². The molecule has 0 radical (unpaired) electrons. The number of benzene rings is 2. The fourth-order valence-electron chi connectivity index (χ4n) is 6.32. The van der Waals surface area contributed by atoms with Crippen LogP contribution in [0.4, 0.5) is 5.69 Å². The van der Waals surface area contributed by atoms with Gasteiger partial charge in [0.15, 0.2) is 0 Å². The summed E-state index contributed by atoms with van der Waals surface area (Å²) in [4.78, 5) is 43.6. The van der Waals surface area contributed by atoms with E-state index < -0.39 is 0 Å². The summed E-state index contributed by atoms with van der Waals surface area (Å²) in [7, 11) is 0. The molecule has 5 nitrogen and oxygen atoms in total. The highest BCUT2D eigenvalue weighted by atomic mass is 16.2. The molecule has 0 spiro atoms. The van der Waals surface area contributed by atoms with E-state index in [9.17, 15) is 14.4 Å². The van der Waals surface area contributed by atoms with E-state index in [0.717, 1.165) is 17.5 Å². The van der Waals surface area contributed by atoms with Gasteiger partial charge in [0, 0.05) is 11.3 Å². The fraction of sp³-hybridized carbons (Fsp3) is 0.370. The largest absolute Gasteiger partial charge is 0.290 e. The number of aryl methyl sites for hydroxylation is 2. The Morgan fingerprint density at radius 1 is 0.938 bits per heavy atom. The van der Waals surface area contributed by atoms with Gasteiger partial charge >= 0.3 is 0 Å². The third kappa shape index (κ3) is 2.73. The molecule has 0 N–H and O–H groups in total. The molecule has 2 aromatic rings. The van der Waals surface area contributed by atoms with Crippen LogP contribution in [0.5, 0.6) is 0 Å². The second kappa shape index (κ2) is 6.89. The molecular formula is C27H26N2O3. The third-order valence-corrected chi connectivity index (χ3v) is 7.97. The second-order valence-corrected chi connectivity index (χ2v) is 9.79. The number of imide groups is 1. The van der Waals surface area contributed by atoms with Gasteiger partial charge in [-0.25, -0.2) is 0 Å². The van der Waals surface area contributed by atoms with Gasteiger partial charge in [0.25, 0.3) is 5.91 Å². The first-order chi connectivity index (χ1) is 15.5. The molecule has 4 aliphatic carbocycles. The number of amides is 3. The van der Waals surface area contributed by atoms with Crippen molar-refractivity contribution < 1.29 is 14.4 Å². The quantitative estimate of drug-likeness (QED) is 0.549. The SMILES string of the molecule is Cc1cccc(N(CN2C(=O)C3C4C=CC(C5CC45)C3C2=O)C(=O)c2ccccc2C)c1. The smallest absolute Gasteiger partial charge is 0.260 e. The highest BCUT2D eigenvalue weighted by molar-refractivity contribution is 6.10. The Morgan fingerprint density at radius 3 is 2.22 bits per heavy atom. The van der Waals surface area contributed by atoms with Gasteiger partial charge in [-0.1, -0.05) is 42.5 Å². The van der Waals surface area contributed by atoms with Crippen LogP contribution in [0.25, 0.3) is 0 Å². The molecule has 7 rings (SSSR count). The Morgan fingerprint density at radius 2 is 1.59 bits per heavy atom. The Kier molecular flexibility index (Phi) is 4.19. The average molecular weight is 427 g/mol. The summed E-state index contributed by atoms with van der Waals surface area (Å²) in [6, 6.07) is 15.1. The highest BCUT2D eigenvalue weighted by Crippen LogP contribution is 2.65. The lowest BCUT2D eigenvalue weighted by Gasteiger charge is -2.37. The van der Waals surface area contributed by atoms with E-state index in [-0.39, 0.29) is 48.1 Å². The number of hydrogen-bond donors (Lipinski definition) is 0. The number of hydrogen-bond acceptors (Lipinski definition) is 3. The van der Waals surface area contributed by atoms with Gasteiger partial charge in [-0.15, -0.1) is 0 Å². The van der Waals surface area contributed by atoms with Crippen molar-refractivity contribution in [2.24, 2.45) is 35.5 Å². The second-order valence-electron chi connectivity index (χ2n) is 9.79. The Labute approximate surface area is 187 Å². The number of likely N-dealkylation sites (tertiary alicyclic amines) is 1. The minimum atomic E-state index is -0.255. The van der Waals surface area contributed by atoms with E-state index in [1.807, 2.05) is 56.3 Å². The molecule has 162 valence electrons. The highest BCUT2D eigenvalue weighted by Gasteiger charge is 2.67. The molecule has 5 heteroatoms. The monoisotopic (exact) mass is 426 g/mol. The van der Waals surface area contributed by atoms with E-state index in [0.29, 0.717) is 23.1 Å². The molecule has 0 aromatic heterocycles. The van der Waals surface area contributed by atoms with E-state index >= 15 is 0 Å². The molecule has 6 unspecified atom stereocenters. The minimum absolute atomic E-state index is 0.0456. The van der Waals surface area contributed by atoms with Crippen molar-refractivity contribution in [2.45, 2.75) is 20.3 Å². The van der Waals surface area contributed by atoms with Crippen LogP contribution >= 0.6 is 0 Å². The van der Waals surface area contributed by atoms with E-state index in [4.69, 9.17) is 0 Å². The van der Waals surface area contributed by atoms with E-state index in [2.05, 4.69) is 12.2 Å². The molecule has 2 aromatic carbocycles. The summed E-state index contributed by atoms with van der Waals surface area (Å²) >= 11 is 0. The van der Waals surface area contributed by atoms with Crippen LogP contribution in [-0.2, 0) is 9.59 Å². The predicted octanol–water partition coefficient (Wildman–Crippen LogP) is 3.96. The number of allylic oxidation sites excluding steroid dienone is 2. The molecule has 3 fully saturated rings. The van der Waals surface area contributed by atoms with Crippen LogP contribution in [0.15, 0.2) is 60.7 Å². The normalized spacial score (nSPS) is 31.5. The first-order valence-electron chi connectivity index (χ1n) is 11.4.